The summed E-state index contributed by atoms with van der Waals surface area (Å²) in [4.78, 5) is 25.8. The minimum Gasteiger partial charge on any atom is -0.493 e. The van der Waals surface area contributed by atoms with E-state index in [4.69, 9.17) is 14.2 Å². The summed E-state index contributed by atoms with van der Waals surface area (Å²) in [6, 6.07) is 20.6. The number of hydrogen-bond donors (Lipinski definition) is 0. The number of hydrogen-bond acceptors (Lipinski definition) is 6. The van der Waals surface area contributed by atoms with Crippen LogP contribution in [0.1, 0.15) is 43.5 Å². The van der Waals surface area contributed by atoms with Crippen molar-refractivity contribution in [3.63, 3.8) is 0 Å². The van der Waals surface area contributed by atoms with Gasteiger partial charge in [0.15, 0.2) is 0 Å². The molecule has 0 aliphatic carbocycles. The second-order valence-corrected chi connectivity index (χ2v) is 16.3. The van der Waals surface area contributed by atoms with Crippen molar-refractivity contribution in [1.82, 2.24) is 0 Å². The first-order valence-corrected chi connectivity index (χ1v) is 17.7. The van der Waals surface area contributed by atoms with E-state index in [1.807, 2.05) is 24.3 Å². The number of ether oxygens (including phenoxy) is 3. The summed E-state index contributed by atoms with van der Waals surface area (Å²) < 4.78 is 16.5. The van der Waals surface area contributed by atoms with Gasteiger partial charge in [-0.05, 0) is 72.0 Å². The van der Waals surface area contributed by atoms with Gasteiger partial charge in [0, 0.05) is 37.7 Å². The van der Waals surface area contributed by atoms with Crippen LogP contribution in [0.2, 0.25) is 19.6 Å². The Labute approximate surface area is 239 Å². The first kappa shape index (κ1) is 29.4. The predicted molar refractivity (Wildman–Crippen MR) is 164 cm³/mol. The van der Waals surface area contributed by atoms with E-state index in [-0.39, 0.29) is 11.9 Å². The molecule has 212 valence electrons. The Kier molecular flexibility index (Phi) is 9.69. The van der Waals surface area contributed by atoms with Crippen LogP contribution in [0, 0.1) is 0 Å². The van der Waals surface area contributed by atoms with Crippen LogP contribution in [0.4, 0.5) is 5.69 Å². The zero-order valence-corrected chi connectivity index (χ0v) is 25.4. The van der Waals surface area contributed by atoms with E-state index in [9.17, 15) is 9.59 Å². The maximum absolute atomic E-state index is 12.1. The molecule has 0 aromatic heterocycles. The van der Waals surface area contributed by atoms with Crippen molar-refractivity contribution >= 4 is 30.9 Å². The van der Waals surface area contributed by atoms with Gasteiger partial charge in [0.1, 0.15) is 5.75 Å². The van der Waals surface area contributed by atoms with Crippen LogP contribution < -0.4 is 14.8 Å². The highest BCUT2D eigenvalue weighted by atomic mass is 28.3. The maximum atomic E-state index is 12.1. The summed E-state index contributed by atoms with van der Waals surface area (Å²) in [6.45, 7) is 13.8. The first-order valence-electron chi connectivity index (χ1n) is 14.2. The zero-order chi connectivity index (χ0) is 28.7. The molecule has 0 radical (unpaired) electrons. The van der Waals surface area contributed by atoms with E-state index >= 15 is 0 Å². The molecule has 1 fully saturated rings. The van der Waals surface area contributed by atoms with Gasteiger partial charge in [-0.25, -0.2) is 4.79 Å². The van der Waals surface area contributed by atoms with Crippen LogP contribution in [0.25, 0.3) is 22.3 Å². The number of anilines is 1. The molecule has 0 atom stereocenters. The normalized spacial score (nSPS) is 13.3. The smallest absolute Gasteiger partial charge is 0.338 e. The first-order chi connectivity index (χ1) is 19.2. The van der Waals surface area contributed by atoms with Crippen molar-refractivity contribution in [3.8, 4) is 28.0 Å². The molecule has 0 spiro atoms. The second kappa shape index (κ2) is 13.2. The van der Waals surface area contributed by atoms with E-state index in [1.54, 1.807) is 19.1 Å². The number of rotatable bonds is 11. The van der Waals surface area contributed by atoms with E-state index in [1.165, 1.54) is 30.6 Å². The molecule has 1 aliphatic rings. The summed E-state index contributed by atoms with van der Waals surface area (Å²) in [5.41, 5.74) is 6.10. The van der Waals surface area contributed by atoms with Crippen molar-refractivity contribution in [2.75, 3.05) is 37.8 Å². The van der Waals surface area contributed by atoms with Crippen LogP contribution in [-0.4, -0.2) is 52.9 Å². The maximum Gasteiger partial charge on any atom is 0.338 e. The molecule has 40 heavy (non-hydrogen) atoms. The van der Waals surface area contributed by atoms with Crippen LogP contribution in [0.5, 0.6) is 5.75 Å². The van der Waals surface area contributed by atoms with Crippen LogP contribution in [0.15, 0.2) is 60.7 Å². The van der Waals surface area contributed by atoms with E-state index in [0.29, 0.717) is 31.8 Å². The Balaban J connectivity index is 1.71. The number of carbonyl (C=O) groups excluding carboxylic acids is 2. The zero-order valence-electron chi connectivity index (χ0n) is 24.4. The van der Waals surface area contributed by atoms with Gasteiger partial charge in [-0.3, -0.25) is 4.79 Å². The lowest BCUT2D eigenvalue weighted by atomic mass is 9.97. The summed E-state index contributed by atoms with van der Waals surface area (Å²) >= 11 is 0. The molecule has 1 heterocycles. The number of carbonyl (C=O) groups is 2. The van der Waals surface area contributed by atoms with Gasteiger partial charge in [-0.2, -0.15) is 0 Å². The van der Waals surface area contributed by atoms with Crippen molar-refractivity contribution in [1.29, 1.82) is 0 Å². The third kappa shape index (κ3) is 7.33. The molecule has 4 rings (SSSR count). The molecule has 0 amide bonds. The average Bonchev–Trinajstić information content (AvgIpc) is 3.47. The Morgan fingerprint density at radius 1 is 0.825 bits per heavy atom. The quantitative estimate of drug-likeness (QED) is 0.148. The lowest BCUT2D eigenvalue weighted by Gasteiger charge is -2.28. The predicted octanol–water partition coefficient (Wildman–Crippen LogP) is 6.67. The molecular formula is C33H41NO5Si. The third-order valence-electron chi connectivity index (χ3n) is 7.12. The molecule has 3 aromatic rings. The van der Waals surface area contributed by atoms with Gasteiger partial charge in [0.2, 0.25) is 0 Å². The fourth-order valence-electron chi connectivity index (χ4n) is 5.07. The fourth-order valence-corrected chi connectivity index (χ4v) is 6.67. The van der Waals surface area contributed by atoms with Gasteiger partial charge in [-0.1, -0.05) is 50.0 Å². The van der Waals surface area contributed by atoms with Gasteiger partial charge in [0.05, 0.1) is 33.5 Å². The van der Waals surface area contributed by atoms with Gasteiger partial charge >= 0.3 is 11.9 Å². The van der Waals surface area contributed by atoms with Gasteiger partial charge in [-0.15, -0.1) is 0 Å². The molecule has 1 aliphatic heterocycles. The van der Waals surface area contributed by atoms with E-state index in [2.05, 4.69) is 48.8 Å². The molecule has 0 bridgehead atoms. The molecule has 0 N–H and O–H groups in total. The Morgan fingerprint density at radius 3 is 2.15 bits per heavy atom. The number of nitrogens with zero attached hydrogens (tertiary/aromatic N) is 1. The van der Waals surface area contributed by atoms with Gasteiger partial charge < -0.3 is 19.1 Å². The lowest BCUT2D eigenvalue weighted by molar-refractivity contribution is -0.141. The summed E-state index contributed by atoms with van der Waals surface area (Å²) in [6.07, 6.45) is 3.11. The molecular weight excluding hydrogens is 518 g/mol. The summed E-state index contributed by atoms with van der Waals surface area (Å²) in [7, 11) is -1.65. The van der Waals surface area contributed by atoms with E-state index < -0.39 is 8.07 Å². The fraction of sp³-hybridized carbons (Fsp3) is 0.394. The summed E-state index contributed by atoms with van der Waals surface area (Å²) in [5, 5.41) is 1.46. The Hall–Kier alpha value is -3.58. The number of benzene rings is 3. The largest absolute Gasteiger partial charge is 0.493 e. The van der Waals surface area contributed by atoms with E-state index in [0.717, 1.165) is 41.1 Å². The third-order valence-corrected chi connectivity index (χ3v) is 9.14. The molecule has 1 saturated heterocycles. The Bertz CT molecular complexity index is 1320. The Morgan fingerprint density at radius 2 is 1.50 bits per heavy atom. The van der Waals surface area contributed by atoms with Crippen LogP contribution in [-0.2, 0) is 14.3 Å². The van der Waals surface area contributed by atoms with Crippen molar-refractivity contribution < 1.29 is 23.8 Å². The minimum absolute atomic E-state index is 0.281. The highest BCUT2D eigenvalue weighted by Gasteiger charge is 2.25. The van der Waals surface area contributed by atoms with Crippen molar-refractivity contribution in [2.45, 2.75) is 52.8 Å². The topological polar surface area (TPSA) is 65.1 Å². The van der Waals surface area contributed by atoms with Crippen molar-refractivity contribution in [3.05, 3.63) is 66.2 Å². The number of esters is 2. The lowest BCUT2D eigenvalue weighted by Crippen LogP contribution is -2.41. The van der Waals surface area contributed by atoms with Crippen molar-refractivity contribution in [2.24, 2.45) is 0 Å². The molecule has 3 aromatic carbocycles. The van der Waals surface area contributed by atoms with Crippen LogP contribution in [0.3, 0.4) is 0 Å². The second-order valence-electron chi connectivity index (χ2n) is 11.2. The molecule has 0 saturated carbocycles. The highest BCUT2D eigenvalue weighted by Crippen LogP contribution is 2.36. The standard InChI is InChI=1S/C33H41NO5Si/c1-6-37-33(36)26-12-10-25(11-13-26)27-15-17-31(39-21-9-20-38-24(2)35)29(22-27)28-14-16-30(34-18-7-8-19-34)32(23-28)40(3,4)5/h10-17,22-23H,6-9,18-21H2,1-5H3. The monoisotopic (exact) mass is 559 g/mol. The SMILES string of the molecule is CCOC(=O)c1ccc(-c2ccc(OCCCOC(C)=O)c(-c3ccc(N4CCCC4)c([Si](C)(C)C)c3)c2)cc1. The minimum atomic E-state index is -1.65. The van der Waals surface area contributed by atoms with Crippen LogP contribution >= 0.6 is 0 Å². The molecule has 7 heteroatoms. The van der Waals surface area contributed by atoms with Gasteiger partial charge in [0.25, 0.3) is 0 Å². The highest BCUT2D eigenvalue weighted by molar-refractivity contribution is 6.89. The summed E-state index contributed by atoms with van der Waals surface area (Å²) in [5.74, 6) is 0.199. The average molecular weight is 560 g/mol. The molecule has 6 nitrogen and oxygen atoms in total. The molecule has 0 unspecified atom stereocenters.